The van der Waals surface area contributed by atoms with Crippen molar-refractivity contribution in [3.05, 3.63) is 11.1 Å². The Kier molecular flexibility index (Phi) is 5.63. The van der Waals surface area contributed by atoms with Crippen molar-refractivity contribution in [2.24, 2.45) is 5.16 Å². The molecule has 1 aromatic heterocycles. The van der Waals surface area contributed by atoms with E-state index < -0.39 is 12.1 Å². The number of thiazole rings is 1. The molecule has 0 aliphatic carbocycles. The van der Waals surface area contributed by atoms with E-state index >= 15 is 0 Å². The standard InChI is InChI=1S/C13H16N4O5S/c1-3-21-12(20)10(17-22-9-4-5-14-11(9)19)8-6-23-13(16-8)15-7(2)18/h6,9H,3-5H2,1-2H3,(H,14,19)(H,15,16,18). The first-order valence-electron chi connectivity index (χ1n) is 6.93. The predicted molar refractivity (Wildman–Crippen MR) is 82.1 cm³/mol. The summed E-state index contributed by atoms with van der Waals surface area (Å²) in [5.74, 6) is -1.28. The van der Waals surface area contributed by atoms with Crippen molar-refractivity contribution in [2.45, 2.75) is 26.4 Å². The summed E-state index contributed by atoms with van der Waals surface area (Å²) in [5, 5.41) is 10.7. The zero-order chi connectivity index (χ0) is 16.8. The molecule has 10 heteroatoms. The van der Waals surface area contributed by atoms with Crippen molar-refractivity contribution < 1.29 is 24.0 Å². The highest BCUT2D eigenvalue weighted by atomic mass is 32.1. The Balaban J connectivity index is 2.19. The monoisotopic (exact) mass is 340 g/mol. The summed E-state index contributed by atoms with van der Waals surface area (Å²) in [4.78, 5) is 43.7. The van der Waals surface area contributed by atoms with E-state index in [1.807, 2.05) is 0 Å². The van der Waals surface area contributed by atoms with Gasteiger partial charge in [0.15, 0.2) is 5.13 Å². The Bertz CT molecular complexity index is 642. The van der Waals surface area contributed by atoms with E-state index in [-0.39, 0.29) is 29.8 Å². The maximum Gasteiger partial charge on any atom is 0.362 e. The predicted octanol–water partition coefficient (Wildman–Crippen LogP) is 0.274. The van der Waals surface area contributed by atoms with Gasteiger partial charge in [0.25, 0.3) is 5.91 Å². The van der Waals surface area contributed by atoms with Gasteiger partial charge in [0.05, 0.1) is 6.61 Å². The van der Waals surface area contributed by atoms with Crippen LogP contribution in [0.2, 0.25) is 0 Å². The smallest absolute Gasteiger partial charge is 0.362 e. The van der Waals surface area contributed by atoms with Crippen LogP contribution in [0.5, 0.6) is 0 Å². The summed E-state index contributed by atoms with van der Waals surface area (Å²) in [6.07, 6.45) is -0.278. The first-order chi connectivity index (χ1) is 11.0. The minimum atomic E-state index is -0.743. The summed E-state index contributed by atoms with van der Waals surface area (Å²) in [5.41, 5.74) is 0.0509. The summed E-state index contributed by atoms with van der Waals surface area (Å²) in [6.45, 7) is 3.66. The molecule has 1 unspecified atom stereocenters. The molecule has 2 amide bonds. The molecule has 0 saturated carbocycles. The van der Waals surface area contributed by atoms with Crippen LogP contribution >= 0.6 is 11.3 Å². The molecule has 1 aliphatic heterocycles. The number of oxime groups is 1. The third-order valence-corrected chi connectivity index (χ3v) is 3.53. The Morgan fingerprint density at radius 2 is 2.35 bits per heavy atom. The second-order valence-electron chi connectivity index (χ2n) is 4.55. The molecule has 1 aliphatic rings. The van der Waals surface area contributed by atoms with Crippen LogP contribution in [0.15, 0.2) is 10.5 Å². The molecule has 0 radical (unpaired) electrons. The topological polar surface area (TPSA) is 119 Å². The van der Waals surface area contributed by atoms with E-state index in [0.29, 0.717) is 18.1 Å². The number of anilines is 1. The van der Waals surface area contributed by atoms with Gasteiger partial charge in [0.1, 0.15) is 5.69 Å². The third kappa shape index (κ3) is 4.49. The van der Waals surface area contributed by atoms with E-state index in [4.69, 9.17) is 9.57 Å². The fraction of sp³-hybridized carbons (Fsp3) is 0.462. The van der Waals surface area contributed by atoms with Gasteiger partial charge in [-0.2, -0.15) is 0 Å². The summed E-state index contributed by atoms with van der Waals surface area (Å²) < 4.78 is 4.92. The van der Waals surface area contributed by atoms with Crippen LogP contribution in [0.3, 0.4) is 0 Å². The number of nitrogens with one attached hydrogen (secondary N) is 2. The minimum Gasteiger partial charge on any atom is -0.461 e. The number of rotatable bonds is 6. The second-order valence-corrected chi connectivity index (χ2v) is 5.41. The molecule has 1 atom stereocenters. The second kappa shape index (κ2) is 7.68. The first kappa shape index (κ1) is 16.9. The average Bonchev–Trinajstić information content (AvgIpc) is 3.09. The van der Waals surface area contributed by atoms with Crippen LogP contribution in [0.1, 0.15) is 26.0 Å². The molecule has 1 aromatic rings. The molecule has 9 nitrogen and oxygen atoms in total. The van der Waals surface area contributed by atoms with Crippen molar-refractivity contribution >= 4 is 40.0 Å². The van der Waals surface area contributed by atoms with Gasteiger partial charge in [-0.3, -0.25) is 9.59 Å². The molecule has 124 valence electrons. The largest absolute Gasteiger partial charge is 0.461 e. The number of esters is 1. The SMILES string of the molecule is CCOC(=O)C(=NOC1CCNC1=O)c1csc(NC(C)=O)n1. The lowest BCUT2D eigenvalue weighted by molar-refractivity contribution is -0.136. The normalized spacial score (nSPS) is 17.6. The number of carbonyl (C=O) groups is 3. The maximum absolute atomic E-state index is 12.0. The summed E-state index contributed by atoms with van der Waals surface area (Å²) in [6, 6.07) is 0. The van der Waals surface area contributed by atoms with E-state index in [0.717, 1.165) is 11.3 Å². The number of amides is 2. The fourth-order valence-corrected chi connectivity index (χ4v) is 2.51. The maximum atomic E-state index is 12.0. The third-order valence-electron chi connectivity index (χ3n) is 2.77. The van der Waals surface area contributed by atoms with Crippen LogP contribution in [0, 0.1) is 0 Å². The first-order valence-corrected chi connectivity index (χ1v) is 7.81. The van der Waals surface area contributed by atoms with E-state index in [9.17, 15) is 14.4 Å². The number of hydrogen-bond donors (Lipinski definition) is 2. The number of aromatic nitrogens is 1. The van der Waals surface area contributed by atoms with Crippen molar-refractivity contribution in [1.29, 1.82) is 0 Å². The van der Waals surface area contributed by atoms with Gasteiger partial charge in [-0.1, -0.05) is 5.16 Å². The average molecular weight is 340 g/mol. The van der Waals surface area contributed by atoms with Gasteiger partial charge < -0.3 is 20.2 Å². The number of ether oxygens (including phenoxy) is 1. The van der Waals surface area contributed by atoms with E-state index in [2.05, 4.69) is 20.8 Å². The minimum absolute atomic E-state index is 0.153. The zero-order valence-corrected chi connectivity index (χ0v) is 13.4. The summed E-state index contributed by atoms with van der Waals surface area (Å²) >= 11 is 1.13. The molecule has 1 saturated heterocycles. The number of carbonyl (C=O) groups excluding carboxylic acids is 3. The van der Waals surface area contributed by atoms with Crippen LogP contribution in [-0.2, 0) is 24.0 Å². The highest BCUT2D eigenvalue weighted by Crippen LogP contribution is 2.17. The lowest BCUT2D eigenvalue weighted by Gasteiger charge is -2.07. The number of nitrogens with zero attached hydrogens (tertiary/aromatic N) is 2. The Morgan fingerprint density at radius 1 is 1.57 bits per heavy atom. The highest BCUT2D eigenvalue weighted by Gasteiger charge is 2.27. The van der Waals surface area contributed by atoms with Crippen LogP contribution in [-0.4, -0.2) is 47.7 Å². The summed E-state index contributed by atoms with van der Waals surface area (Å²) in [7, 11) is 0. The molecule has 0 bridgehead atoms. The van der Waals surface area contributed by atoms with E-state index in [1.165, 1.54) is 6.92 Å². The molecule has 1 fully saturated rings. The molecule has 2 rings (SSSR count). The van der Waals surface area contributed by atoms with Gasteiger partial charge in [0, 0.05) is 25.3 Å². The number of hydrogen-bond acceptors (Lipinski definition) is 8. The van der Waals surface area contributed by atoms with Crippen molar-refractivity contribution in [1.82, 2.24) is 10.3 Å². The van der Waals surface area contributed by atoms with Crippen molar-refractivity contribution in [3.8, 4) is 0 Å². The van der Waals surface area contributed by atoms with Gasteiger partial charge in [-0.25, -0.2) is 9.78 Å². The van der Waals surface area contributed by atoms with Crippen LogP contribution in [0.25, 0.3) is 0 Å². The molecular formula is C13H16N4O5S. The molecular weight excluding hydrogens is 324 g/mol. The zero-order valence-electron chi connectivity index (χ0n) is 12.6. The molecule has 23 heavy (non-hydrogen) atoms. The van der Waals surface area contributed by atoms with Gasteiger partial charge in [0.2, 0.25) is 17.7 Å². The lowest BCUT2D eigenvalue weighted by atomic mass is 10.3. The fourth-order valence-electron chi connectivity index (χ4n) is 1.77. The molecule has 0 aromatic carbocycles. The lowest BCUT2D eigenvalue weighted by Crippen LogP contribution is -2.26. The molecule has 2 N–H and O–H groups in total. The van der Waals surface area contributed by atoms with Gasteiger partial charge in [-0.05, 0) is 6.92 Å². The Labute approximate surface area is 136 Å². The van der Waals surface area contributed by atoms with Crippen molar-refractivity contribution in [3.63, 3.8) is 0 Å². The highest BCUT2D eigenvalue weighted by molar-refractivity contribution is 7.14. The Hall–Kier alpha value is -2.49. The molecule has 2 heterocycles. The van der Waals surface area contributed by atoms with Gasteiger partial charge in [-0.15, -0.1) is 11.3 Å². The molecule has 0 spiro atoms. The van der Waals surface area contributed by atoms with Crippen LogP contribution < -0.4 is 10.6 Å². The Morgan fingerprint density at radius 3 is 2.96 bits per heavy atom. The van der Waals surface area contributed by atoms with Gasteiger partial charge >= 0.3 is 5.97 Å². The quantitative estimate of drug-likeness (QED) is 0.436. The van der Waals surface area contributed by atoms with Crippen molar-refractivity contribution in [2.75, 3.05) is 18.5 Å². The van der Waals surface area contributed by atoms with Crippen LogP contribution in [0.4, 0.5) is 5.13 Å². The van der Waals surface area contributed by atoms with E-state index in [1.54, 1.807) is 12.3 Å².